The first-order valence-corrected chi connectivity index (χ1v) is 11.2. The second-order valence-corrected chi connectivity index (χ2v) is 8.58. The van der Waals surface area contributed by atoms with Crippen LogP contribution in [0.1, 0.15) is 44.9 Å². The number of hydrogen-bond donors (Lipinski definition) is 1. The number of carbonyl (C=O) groups is 1. The maximum atomic E-state index is 12.6. The summed E-state index contributed by atoms with van der Waals surface area (Å²) in [5.74, 6) is 1.94. The number of hydrogen-bond acceptors (Lipinski definition) is 4. The summed E-state index contributed by atoms with van der Waals surface area (Å²) in [5.41, 5.74) is 2.28. The van der Waals surface area contributed by atoms with Crippen molar-refractivity contribution >= 4 is 22.9 Å². The first-order chi connectivity index (χ1) is 14.3. The van der Waals surface area contributed by atoms with Gasteiger partial charge in [0.25, 0.3) is 0 Å². The van der Waals surface area contributed by atoms with Gasteiger partial charge in [-0.1, -0.05) is 31.4 Å². The van der Waals surface area contributed by atoms with Crippen molar-refractivity contribution in [3.8, 4) is 0 Å². The molecule has 1 saturated heterocycles. The number of anilines is 1. The highest BCUT2D eigenvalue weighted by Gasteiger charge is 2.29. The highest BCUT2D eigenvalue weighted by Crippen LogP contribution is 2.31. The summed E-state index contributed by atoms with van der Waals surface area (Å²) in [7, 11) is 1.66. The lowest BCUT2D eigenvalue weighted by Crippen LogP contribution is -2.44. The number of nitrogens with zero attached hydrogens (tertiary/aromatic N) is 3. The Morgan fingerprint density at radius 3 is 2.83 bits per heavy atom. The number of benzene rings is 1. The number of nitrogens with one attached hydrogen (secondary N) is 1. The topological polar surface area (TPSA) is 59.4 Å². The monoisotopic (exact) mass is 398 g/mol. The van der Waals surface area contributed by atoms with Gasteiger partial charge in [0.1, 0.15) is 0 Å². The molecule has 0 spiro atoms. The van der Waals surface area contributed by atoms with Gasteiger partial charge in [0.15, 0.2) is 0 Å². The van der Waals surface area contributed by atoms with Gasteiger partial charge in [-0.3, -0.25) is 4.79 Å². The van der Waals surface area contributed by atoms with E-state index in [1.54, 1.807) is 7.11 Å². The molecule has 2 fully saturated rings. The summed E-state index contributed by atoms with van der Waals surface area (Å²) in [6, 6.07) is 8.46. The molecule has 1 aliphatic heterocycles. The van der Waals surface area contributed by atoms with Gasteiger partial charge in [-0.2, -0.15) is 0 Å². The molecule has 158 valence electrons. The molecule has 4 rings (SSSR count). The third-order valence-electron chi connectivity index (χ3n) is 6.48. The van der Waals surface area contributed by atoms with E-state index in [1.807, 2.05) is 0 Å². The van der Waals surface area contributed by atoms with Crippen LogP contribution in [-0.4, -0.2) is 48.8 Å². The fourth-order valence-corrected chi connectivity index (χ4v) is 4.91. The molecule has 0 radical (unpaired) electrons. The Hall–Kier alpha value is -2.08. The van der Waals surface area contributed by atoms with Gasteiger partial charge in [0, 0.05) is 33.3 Å². The van der Waals surface area contributed by atoms with Crippen molar-refractivity contribution in [2.45, 2.75) is 51.5 Å². The Kier molecular flexibility index (Phi) is 6.70. The Balaban J connectivity index is 1.54. The molecule has 2 aliphatic rings. The summed E-state index contributed by atoms with van der Waals surface area (Å²) in [5, 5.41) is 3.01. The normalized spacial score (nSPS) is 20.9. The molecule has 29 heavy (non-hydrogen) atoms. The minimum atomic E-state index is 0.0172. The van der Waals surface area contributed by atoms with Crippen molar-refractivity contribution in [2.75, 3.05) is 38.3 Å². The van der Waals surface area contributed by atoms with E-state index < -0.39 is 0 Å². The predicted molar refractivity (Wildman–Crippen MR) is 116 cm³/mol. The molecule has 1 aliphatic carbocycles. The lowest BCUT2D eigenvalue weighted by Gasteiger charge is -2.34. The van der Waals surface area contributed by atoms with Crippen LogP contribution in [0.3, 0.4) is 0 Å². The Labute approximate surface area is 173 Å². The standard InChI is InChI=1S/C23H34N4O2/c1-29-15-13-24-22(28)19-10-7-14-26(17-19)23-25-20-11-5-6-12-21(20)27(23)16-18-8-3-2-4-9-18/h5-6,11-12,18-19H,2-4,7-10,13-17H2,1H3,(H,24,28)/t19-/m1/s1. The van der Waals surface area contributed by atoms with Gasteiger partial charge in [-0.15, -0.1) is 0 Å². The second-order valence-electron chi connectivity index (χ2n) is 8.58. The van der Waals surface area contributed by atoms with E-state index in [0.29, 0.717) is 13.2 Å². The quantitative estimate of drug-likeness (QED) is 0.724. The van der Waals surface area contributed by atoms with Gasteiger partial charge in [-0.25, -0.2) is 4.98 Å². The SMILES string of the molecule is COCCNC(=O)[C@@H]1CCCN(c2nc3ccccc3n2CC2CCCCC2)C1. The number of ether oxygens (including phenoxy) is 1. The number of rotatable bonds is 7. The Morgan fingerprint density at radius 1 is 1.17 bits per heavy atom. The van der Waals surface area contributed by atoms with Gasteiger partial charge >= 0.3 is 0 Å². The van der Waals surface area contributed by atoms with Crippen molar-refractivity contribution in [1.82, 2.24) is 14.9 Å². The van der Waals surface area contributed by atoms with Crippen LogP contribution in [0.15, 0.2) is 24.3 Å². The molecule has 1 amide bonds. The molecule has 2 aromatic rings. The number of methoxy groups -OCH3 is 1. The smallest absolute Gasteiger partial charge is 0.224 e. The van der Waals surface area contributed by atoms with Crippen molar-refractivity contribution in [3.63, 3.8) is 0 Å². The third-order valence-corrected chi connectivity index (χ3v) is 6.48. The predicted octanol–water partition coefficient (Wildman–Crippen LogP) is 3.60. The van der Waals surface area contributed by atoms with E-state index in [0.717, 1.165) is 49.9 Å². The van der Waals surface area contributed by atoms with Crippen LogP contribution in [0.25, 0.3) is 11.0 Å². The molecule has 1 aromatic carbocycles. The van der Waals surface area contributed by atoms with Crippen molar-refractivity contribution in [3.05, 3.63) is 24.3 Å². The number of imidazole rings is 1. The van der Waals surface area contributed by atoms with Crippen molar-refractivity contribution in [1.29, 1.82) is 0 Å². The van der Waals surface area contributed by atoms with E-state index in [4.69, 9.17) is 9.72 Å². The van der Waals surface area contributed by atoms with E-state index in [1.165, 1.54) is 37.6 Å². The van der Waals surface area contributed by atoms with Crippen LogP contribution in [0.2, 0.25) is 0 Å². The molecule has 2 heterocycles. The van der Waals surface area contributed by atoms with E-state index in [-0.39, 0.29) is 11.8 Å². The molecule has 1 atom stereocenters. The van der Waals surface area contributed by atoms with Gasteiger partial charge in [0.05, 0.1) is 23.6 Å². The molecule has 1 saturated carbocycles. The molecular weight excluding hydrogens is 364 g/mol. The number of fused-ring (bicyclic) bond motifs is 1. The van der Waals surface area contributed by atoms with Crippen LogP contribution in [-0.2, 0) is 16.1 Å². The summed E-state index contributed by atoms with van der Waals surface area (Å²) < 4.78 is 7.48. The average Bonchev–Trinajstić information content (AvgIpc) is 3.13. The lowest BCUT2D eigenvalue weighted by atomic mass is 9.89. The Morgan fingerprint density at radius 2 is 2.00 bits per heavy atom. The Bertz CT molecular complexity index is 812. The fraction of sp³-hybridized carbons (Fsp3) is 0.652. The zero-order chi connectivity index (χ0) is 20.1. The zero-order valence-electron chi connectivity index (χ0n) is 17.6. The second kappa shape index (κ2) is 9.61. The number of aromatic nitrogens is 2. The van der Waals surface area contributed by atoms with Gasteiger partial charge in [-0.05, 0) is 43.7 Å². The van der Waals surface area contributed by atoms with Crippen LogP contribution in [0.4, 0.5) is 5.95 Å². The van der Waals surface area contributed by atoms with Crippen LogP contribution in [0.5, 0.6) is 0 Å². The number of piperidine rings is 1. The summed E-state index contributed by atoms with van der Waals surface area (Å²) in [4.78, 5) is 20.0. The van der Waals surface area contributed by atoms with Gasteiger partial charge in [0.2, 0.25) is 11.9 Å². The van der Waals surface area contributed by atoms with Crippen molar-refractivity contribution < 1.29 is 9.53 Å². The molecule has 1 aromatic heterocycles. The molecular formula is C23H34N4O2. The zero-order valence-corrected chi connectivity index (χ0v) is 17.6. The largest absolute Gasteiger partial charge is 0.383 e. The maximum Gasteiger partial charge on any atom is 0.224 e. The maximum absolute atomic E-state index is 12.6. The highest BCUT2D eigenvalue weighted by molar-refractivity contribution is 5.81. The van der Waals surface area contributed by atoms with Crippen LogP contribution < -0.4 is 10.2 Å². The average molecular weight is 399 g/mol. The van der Waals surface area contributed by atoms with Crippen LogP contribution >= 0.6 is 0 Å². The van der Waals surface area contributed by atoms with E-state index in [9.17, 15) is 4.79 Å². The lowest BCUT2D eigenvalue weighted by molar-refractivity contribution is -0.125. The minimum absolute atomic E-state index is 0.0172. The summed E-state index contributed by atoms with van der Waals surface area (Å²) >= 11 is 0. The molecule has 0 unspecified atom stereocenters. The summed E-state index contributed by atoms with van der Waals surface area (Å²) in [6.07, 6.45) is 8.67. The number of amides is 1. The van der Waals surface area contributed by atoms with E-state index in [2.05, 4.69) is 39.0 Å². The molecule has 6 nitrogen and oxygen atoms in total. The van der Waals surface area contributed by atoms with Gasteiger partial charge < -0.3 is 19.5 Å². The number of para-hydroxylation sites is 2. The first-order valence-electron chi connectivity index (χ1n) is 11.2. The summed E-state index contributed by atoms with van der Waals surface area (Å²) in [6.45, 7) is 3.88. The molecule has 0 bridgehead atoms. The van der Waals surface area contributed by atoms with E-state index >= 15 is 0 Å². The molecule has 6 heteroatoms. The van der Waals surface area contributed by atoms with Crippen molar-refractivity contribution in [2.24, 2.45) is 11.8 Å². The first kappa shape index (κ1) is 20.2. The van der Waals surface area contributed by atoms with Crippen LogP contribution in [0, 0.1) is 11.8 Å². The minimum Gasteiger partial charge on any atom is -0.383 e. The molecule has 1 N–H and O–H groups in total. The third kappa shape index (κ3) is 4.74. The number of carbonyl (C=O) groups excluding carboxylic acids is 1. The highest BCUT2D eigenvalue weighted by atomic mass is 16.5. The fourth-order valence-electron chi connectivity index (χ4n) is 4.91.